The zero-order valence-corrected chi connectivity index (χ0v) is 13.3. The van der Waals surface area contributed by atoms with Crippen LogP contribution in [0, 0.1) is 0 Å². The summed E-state index contributed by atoms with van der Waals surface area (Å²) in [5.74, 6) is 2.02. The van der Waals surface area contributed by atoms with Crippen LogP contribution < -0.4 is 4.74 Å². The van der Waals surface area contributed by atoms with Crippen molar-refractivity contribution in [2.75, 3.05) is 13.2 Å². The minimum Gasteiger partial charge on any atom is -0.489 e. The number of aliphatic hydroxyl groups excluding tert-OH is 1. The van der Waals surface area contributed by atoms with Gasteiger partial charge in [-0.15, -0.1) is 5.10 Å². The van der Waals surface area contributed by atoms with Gasteiger partial charge in [-0.25, -0.2) is 0 Å². The maximum atomic E-state index is 9.01. The number of nitrogens with zero attached hydrogens (tertiary/aromatic N) is 4. The maximum absolute atomic E-state index is 9.01. The van der Waals surface area contributed by atoms with Crippen LogP contribution in [0.4, 0.5) is 0 Å². The largest absolute Gasteiger partial charge is 0.489 e. The molecule has 6 nitrogen and oxygen atoms in total. The molecule has 6 heteroatoms. The molecular weight excluding hydrogens is 280 g/mol. The third-order valence-electron chi connectivity index (χ3n) is 3.84. The molecule has 1 saturated carbocycles. The molecule has 118 valence electrons. The minimum absolute atomic E-state index is 0.0223. The number of ether oxygens (including phenoxy) is 1. The lowest BCUT2D eigenvalue weighted by molar-refractivity contribution is 0.201. The number of aliphatic hydroxyl groups is 1. The highest BCUT2D eigenvalue weighted by Gasteiger charge is 2.31. The molecule has 1 aliphatic rings. The molecule has 0 bridgehead atoms. The van der Waals surface area contributed by atoms with Crippen molar-refractivity contribution >= 4 is 0 Å². The van der Waals surface area contributed by atoms with E-state index >= 15 is 0 Å². The topological polar surface area (TPSA) is 73.1 Å². The summed E-state index contributed by atoms with van der Waals surface area (Å²) in [7, 11) is 0. The zero-order chi connectivity index (χ0) is 15.7. The fourth-order valence-corrected chi connectivity index (χ4v) is 2.39. The van der Waals surface area contributed by atoms with Crippen LogP contribution in [-0.4, -0.2) is 38.5 Å². The zero-order valence-electron chi connectivity index (χ0n) is 13.3. The van der Waals surface area contributed by atoms with Gasteiger partial charge in [0.25, 0.3) is 0 Å². The molecule has 0 saturated heterocycles. The van der Waals surface area contributed by atoms with Crippen molar-refractivity contribution in [1.29, 1.82) is 0 Å². The average Bonchev–Trinajstić information content (AvgIpc) is 3.21. The first-order valence-electron chi connectivity index (χ1n) is 7.67. The Morgan fingerprint density at radius 3 is 2.73 bits per heavy atom. The third-order valence-corrected chi connectivity index (χ3v) is 3.84. The molecule has 0 radical (unpaired) electrons. The Bertz CT molecular complexity index is 656. The molecule has 22 heavy (non-hydrogen) atoms. The highest BCUT2D eigenvalue weighted by molar-refractivity contribution is 5.50. The smallest absolute Gasteiger partial charge is 0.159 e. The number of rotatable bonds is 5. The number of benzene rings is 1. The molecule has 1 N–H and O–H groups in total. The Morgan fingerprint density at radius 2 is 2.09 bits per heavy atom. The molecule has 1 aliphatic carbocycles. The van der Waals surface area contributed by atoms with E-state index < -0.39 is 0 Å². The normalized spacial score (nSPS) is 15.1. The van der Waals surface area contributed by atoms with E-state index in [0.29, 0.717) is 11.7 Å². The maximum Gasteiger partial charge on any atom is 0.159 e. The molecule has 0 atom stereocenters. The summed E-state index contributed by atoms with van der Waals surface area (Å²) in [6.45, 7) is 6.74. The van der Waals surface area contributed by atoms with Gasteiger partial charge in [-0.3, -0.25) is 0 Å². The van der Waals surface area contributed by atoms with Crippen LogP contribution in [0.3, 0.4) is 0 Å². The lowest BCUT2D eigenvalue weighted by Gasteiger charge is -2.21. The van der Waals surface area contributed by atoms with Gasteiger partial charge in [0.15, 0.2) is 5.82 Å². The summed E-state index contributed by atoms with van der Waals surface area (Å²) in [6, 6.07) is 6.07. The van der Waals surface area contributed by atoms with Gasteiger partial charge in [0.05, 0.1) is 6.61 Å². The van der Waals surface area contributed by atoms with Crippen LogP contribution in [0.1, 0.15) is 50.9 Å². The van der Waals surface area contributed by atoms with E-state index in [2.05, 4.69) is 48.4 Å². The summed E-state index contributed by atoms with van der Waals surface area (Å²) in [5, 5.41) is 21.2. The van der Waals surface area contributed by atoms with E-state index in [9.17, 15) is 0 Å². The second kappa shape index (κ2) is 5.68. The van der Waals surface area contributed by atoms with E-state index in [1.54, 1.807) is 4.68 Å². The number of hydrogen-bond acceptors (Lipinski definition) is 5. The lowest BCUT2D eigenvalue weighted by atomic mass is 9.87. The molecule has 0 spiro atoms. The Kier molecular flexibility index (Phi) is 3.87. The average molecular weight is 302 g/mol. The highest BCUT2D eigenvalue weighted by atomic mass is 16.5. The van der Waals surface area contributed by atoms with Crippen LogP contribution in [0.15, 0.2) is 18.2 Å². The first-order valence-corrected chi connectivity index (χ1v) is 7.67. The fourth-order valence-electron chi connectivity index (χ4n) is 2.39. The molecule has 2 aromatic rings. The Balaban J connectivity index is 2.06. The van der Waals surface area contributed by atoms with Gasteiger partial charge in [-0.1, -0.05) is 26.8 Å². The molecule has 0 aliphatic heterocycles. The summed E-state index contributed by atoms with van der Waals surface area (Å²) in [5.41, 5.74) is 2.06. The van der Waals surface area contributed by atoms with Gasteiger partial charge in [-0.2, -0.15) is 4.68 Å². The summed E-state index contributed by atoms with van der Waals surface area (Å²) in [4.78, 5) is 0. The highest BCUT2D eigenvalue weighted by Crippen LogP contribution is 2.40. The van der Waals surface area contributed by atoms with Crippen molar-refractivity contribution in [3.05, 3.63) is 29.6 Å². The van der Waals surface area contributed by atoms with E-state index in [0.717, 1.165) is 24.4 Å². The number of hydrogen-bond donors (Lipinski definition) is 1. The molecule has 0 amide bonds. The Labute approximate surface area is 130 Å². The van der Waals surface area contributed by atoms with Crippen molar-refractivity contribution in [3.63, 3.8) is 0 Å². The van der Waals surface area contributed by atoms with Gasteiger partial charge in [-0.05, 0) is 46.4 Å². The predicted molar refractivity (Wildman–Crippen MR) is 82.4 cm³/mol. The van der Waals surface area contributed by atoms with Crippen molar-refractivity contribution in [2.45, 2.75) is 44.9 Å². The second-order valence-corrected chi connectivity index (χ2v) is 6.73. The summed E-state index contributed by atoms with van der Waals surface area (Å²) in [6.07, 6.45) is 2.26. The molecule has 1 aromatic carbocycles. The van der Waals surface area contributed by atoms with Gasteiger partial charge >= 0.3 is 0 Å². The standard InChI is InChI=1S/C16H22N4O2/c1-16(2,3)12-6-7-14(22-9-8-21)13(10-12)20-15(11-4-5-11)17-18-19-20/h6-7,10-11,21H,4-5,8-9H2,1-3H3. The molecule has 0 unspecified atom stereocenters. The second-order valence-electron chi connectivity index (χ2n) is 6.73. The minimum atomic E-state index is -0.0223. The van der Waals surface area contributed by atoms with Crippen LogP contribution in [0.5, 0.6) is 5.75 Å². The first kappa shape index (κ1) is 15.0. The van der Waals surface area contributed by atoms with Crippen molar-refractivity contribution < 1.29 is 9.84 Å². The van der Waals surface area contributed by atoms with Crippen LogP contribution in [0.25, 0.3) is 5.69 Å². The van der Waals surface area contributed by atoms with Crippen LogP contribution >= 0.6 is 0 Å². The summed E-state index contributed by atoms with van der Waals surface area (Å²) >= 11 is 0. The van der Waals surface area contributed by atoms with E-state index in [4.69, 9.17) is 9.84 Å². The third kappa shape index (κ3) is 2.97. The number of aromatic nitrogens is 4. The van der Waals surface area contributed by atoms with Crippen LogP contribution in [0.2, 0.25) is 0 Å². The predicted octanol–water partition coefficient (Wildman–Crippen LogP) is 2.21. The molecule has 1 fully saturated rings. The van der Waals surface area contributed by atoms with Crippen molar-refractivity contribution in [3.8, 4) is 11.4 Å². The molecular formula is C16H22N4O2. The van der Waals surface area contributed by atoms with Gasteiger partial charge in [0, 0.05) is 5.92 Å². The first-order chi connectivity index (χ1) is 10.5. The van der Waals surface area contributed by atoms with E-state index in [1.165, 1.54) is 5.56 Å². The van der Waals surface area contributed by atoms with E-state index in [-0.39, 0.29) is 18.6 Å². The van der Waals surface area contributed by atoms with Gasteiger partial charge < -0.3 is 9.84 Å². The Hall–Kier alpha value is -1.95. The molecule has 1 heterocycles. The lowest BCUT2D eigenvalue weighted by Crippen LogP contribution is -2.14. The summed E-state index contributed by atoms with van der Waals surface area (Å²) < 4.78 is 7.44. The fraction of sp³-hybridized carbons (Fsp3) is 0.562. The van der Waals surface area contributed by atoms with E-state index in [1.807, 2.05) is 6.07 Å². The SMILES string of the molecule is CC(C)(C)c1ccc(OCCO)c(-n2nnnc2C2CC2)c1. The monoisotopic (exact) mass is 302 g/mol. The quantitative estimate of drug-likeness (QED) is 0.916. The van der Waals surface area contributed by atoms with Gasteiger partial charge in [0.2, 0.25) is 0 Å². The Morgan fingerprint density at radius 1 is 1.32 bits per heavy atom. The van der Waals surface area contributed by atoms with Gasteiger partial charge in [0.1, 0.15) is 18.0 Å². The van der Waals surface area contributed by atoms with Crippen molar-refractivity contribution in [1.82, 2.24) is 20.2 Å². The number of tetrazole rings is 1. The van der Waals surface area contributed by atoms with Crippen molar-refractivity contribution in [2.24, 2.45) is 0 Å². The molecule has 1 aromatic heterocycles. The van der Waals surface area contributed by atoms with Crippen LogP contribution in [-0.2, 0) is 5.41 Å². The molecule has 3 rings (SSSR count).